The van der Waals surface area contributed by atoms with Crippen LogP contribution in [0.1, 0.15) is 27.0 Å². The van der Waals surface area contributed by atoms with E-state index in [-0.39, 0.29) is 5.56 Å². The van der Waals surface area contributed by atoms with Crippen LogP contribution < -0.4 is 10.2 Å². The van der Waals surface area contributed by atoms with Gasteiger partial charge in [-0.2, -0.15) is 10.1 Å². The maximum atomic E-state index is 11.2. The number of nitrogens with zero attached hydrogens (tertiary/aromatic N) is 5. The SMILES string of the molecule is Cc1cccc(C)c1CNc1ccc2nc(-n3cc(C(=O)O)cn3)nc(N(C)C)c2c1. The predicted molar refractivity (Wildman–Crippen MR) is 121 cm³/mol. The van der Waals surface area contributed by atoms with Crippen LogP contribution in [0.3, 0.4) is 0 Å². The van der Waals surface area contributed by atoms with Crippen molar-refractivity contribution in [3.8, 4) is 5.95 Å². The van der Waals surface area contributed by atoms with Crippen LogP contribution in [-0.2, 0) is 6.54 Å². The van der Waals surface area contributed by atoms with Gasteiger partial charge in [-0.1, -0.05) is 18.2 Å². The van der Waals surface area contributed by atoms with E-state index >= 15 is 0 Å². The van der Waals surface area contributed by atoms with Crippen molar-refractivity contribution in [3.63, 3.8) is 0 Å². The van der Waals surface area contributed by atoms with E-state index in [1.165, 1.54) is 33.8 Å². The lowest BCUT2D eigenvalue weighted by atomic mass is 10.0. The lowest BCUT2D eigenvalue weighted by Gasteiger charge is -2.17. The van der Waals surface area contributed by atoms with Gasteiger partial charge in [-0.25, -0.2) is 14.5 Å². The molecule has 8 nitrogen and oxygen atoms in total. The third kappa shape index (κ3) is 4.05. The summed E-state index contributed by atoms with van der Waals surface area (Å²) in [4.78, 5) is 22.3. The topological polar surface area (TPSA) is 96.2 Å². The maximum Gasteiger partial charge on any atom is 0.338 e. The number of carboxylic acids is 1. The van der Waals surface area contributed by atoms with Crippen LogP contribution in [-0.4, -0.2) is 44.9 Å². The number of fused-ring (bicyclic) bond motifs is 1. The summed E-state index contributed by atoms with van der Waals surface area (Å²) in [5.41, 5.74) is 5.61. The first-order chi connectivity index (χ1) is 14.8. The lowest BCUT2D eigenvalue weighted by molar-refractivity contribution is 0.0697. The normalized spacial score (nSPS) is 11.0. The molecule has 0 radical (unpaired) electrons. The molecule has 0 fully saturated rings. The smallest absolute Gasteiger partial charge is 0.338 e. The van der Waals surface area contributed by atoms with E-state index in [4.69, 9.17) is 5.11 Å². The summed E-state index contributed by atoms with van der Waals surface area (Å²) >= 11 is 0. The van der Waals surface area contributed by atoms with Gasteiger partial charge in [0.1, 0.15) is 5.82 Å². The Bertz CT molecular complexity index is 1260. The van der Waals surface area contributed by atoms with Crippen LogP contribution in [0.2, 0.25) is 0 Å². The Balaban J connectivity index is 1.70. The van der Waals surface area contributed by atoms with Crippen molar-refractivity contribution in [1.82, 2.24) is 19.7 Å². The highest BCUT2D eigenvalue weighted by Crippen LogP contribution is 2.27. The number of nitrogens with one attached hydrogen (secondary N) is 1. The molecular formula is C23H24N6O2. The highest BCUT2D eigenvalue weighted by atomic mass is 16.4. The van der Waals surface area contributed by atoms with Crippen molar-refractivity contribution < 1.29 is 9.90 Å². The van der Waals surface area contributed by atoms with E-state index in [1.807, 2.05) is 37.2 Å². The molecule has 0 aliphatic heterocycles. The molecule has 0 amide bonds. The van der Waals surface area contributed by atoms with Crippen molar-refractivity contribution in [2.24, 2.45) is 0 Å². The van der Waals surface area contributed by atoms with E-state index in [2.05, 4.69) is 52.4 Å². The van der Waals surface area contributed by atoms with Gasteiger partial charge in [0.2, 0.25) is 0 Å². The van der Waals surface area contributed by atoms with Crippen molar-refractivity contribution in [2.75, 3.05) is 24.3 Å². The van der Waals surface area contributed by atoms with E-state index < -0.39 is 5.97 Å². The molecule has 0 aliphatic carbocycles. The monoisotopic (exact) mass is 416 g/mol. The standard InChI is InChI=1S/C23H24N6O2/c1-14-6-5-7-15(2)19(14)12-24-17-8-9-20-18(10-17)21(28(3)4)27-23(26-20)29-13-16(11-25-29)22(30)31/h5-11,13,24H,12H2,1-4H3,(H,30,31). The molecule has 0 unspecified atom stereocenters. The van der Waals surface area contributed by atoms with Gasteiger partial charge >= 0.3 is 5.97 Å². The van der Waals surface area contributed by atoms with Crippen LogP contribution in [0, 0.1) is 13.8 Å². The summed E-state index contributed by atoms with van der Waals surface area (Å²) in [6.45, 7) is 4.97. The molecule has 2 N–H and O–H groups in total. The molecule has 0 bridgehead atoms. The molecule has 31 heavy (non-hydrogen) atoms. The Morgan fingerprint density at radius 3 is 2.52 bits per heavy atom. The number of hydrogen-bond acceptors (Lipinski definition) is 6. The maximum absolute atomic E-state index is 11.2. The molecule has 2 heterocycles. The average Bonchev–Trinajstić information content (AvgIpc) is 3.23. The molecular weight excluding hydrogens is 392 g/mol. The second kappa shape index (κ2) is 8.06. The Kier molecular flexibility index (Phi) is 5.29. The number of benzene rings is 2. The highest BCUT2D eigenvalue weighted by Gasteiger charge is 2.14. The summed E-state index contributed by atoms with van der Waals surface area (Å²) in [7, 11) is 3.82. The van der Waals surface area contributed by atoms with Gasteiger partial charge in [0.15, 0.2) is 0 Å². The fourth-order valence-electron chi connectivity index (χ4n) is 3.51. The zero-order chi connectivity index (χ0) is 22.1. The quantitative estimate of drug-likeness (QED) is 0.493. The molecule has 8 heteroatoms. The van der Waals surface area contributed by atoms with Gasteiger partial charge in [0, 0.05) is 37.9 Å². The molecule has 0 spiro atoms. The zero-order valence-electron chi connectivity index (χ0n) is 17.9. The number of carbonyl (C=O) groups is 1. The lowest BCUT2D eigenvalue weighted by Crippen LogP contribution is -2.14. The minimum Gasteiger partial charge on any atom is -0.478 e. The van der Waals surface area contributed by atoms with Gasteiger partial charge in [-0.3, -0.25) is 0 Å². The Hall–Kier alpha value is -3.94. The summed E-state index contributed by atoms with van der Waals surface area (Å²) < 4.78 is 1.38. The number of aromatic nitrogens is 4. The molecule has 0 saturated carbocycles. The fourth-order valence-corrected chi connectivity index (χ4v) is 3.51. The van der Waals surface area contributed by atoms with Crippen LogP contribution >= 0.6 is 0 Å². The van der Waals surface area contributed by atoms with Crippen LogP contribution in [0.25, 0.3) is 16.9 Å². The van der Waals surface area contributed by atoms with E-state index in [9.17, 15) is 4.79 Å². The van der Waals surface area contributed by atoms with Gasteiger partial charge < -0.3 is 15.3 Å². The minimum atomic E-state index is -1.04. The van der Waals surface area contributed by atoms with Crippen LogP contribution in [0.5, 0.6) is 0 Å². The fraction of sp³-hybridized carbons (Fsp3) is 0.217. The first-order valence-electron chi connectivity index (χ1n) is 9.90. The van der Waals surface area contributed by atoms with E-state index in [1.54, 1.807) is 0 Å². The molecule has 4 rings (SSSR count). The van der Waals surface area contributed by atoms with Crippen molar-refractivity contribution in [3.05, 3.63) is 71.0 Å². The Morgan fingerprint density at radius 2 is 1.87 bits per heavy atom. The second-order valence-electron chi connectivity index (χ2n) is 7.68. The molecule has 0 aliphatic rings. The third-order valence-electron chi connectivity index (χ3n) is 5.24. The highest BCUT2D eigenvalue weighted by molar-refractivity contribution is 5.92. The number of anilines is 2. The van der Waals surface area contributed by atoms with E-state index in [0.29, 0.717) is 5.95 Å². The van der Waals surface area contributed by atoms with Gasteiger partial charge in [-0.05, 0) is 48.7 Å². The number of carboxylic acid groups (broad SMARTS) is 1. The van der Waals surface area contributed by atoms with Gasteiger partial charge in [-0.15, -0.1) is 0 Å². The first kappa shape index (κ1) is 20.3. The molecule has 2 aromatic heterocycles. The number of hydrogen-bond donors (Lipinski definition) is 2. The molecule has 0 atom stereocenters. The van der Waals surface area contributed by atoms with Crippen molar-refractivity contribution in [2.45, 2.75) is 20.4 Å². The van der Waals surface area contributed by atoms with Crippen molar-refractivity contribution in [1.29, 1.82) is 0 Å². The molecule has 2 aromatic carbocycles. The number of aryl methyl sites for hydroxylation is 2. The van der Waals surface area contributed by atoms with E-state index in [0.717, 1.165) is 29.0 Å². The average molecular weight is 416 g/mol. The number of aromatic carboxylic acids is 1. The second-order valence-corrected chi connectivity index (χ2v) is 7.68. The Morgan fingerprint density at radius 1 is 1.13 bits per heavy atom. The van der Waals surface area contributed by atoms with Gasteiger partial charge in [0.25, 0.3) is 5.95 Å². The van der Waals surface area contributed by atoms with Gasteiger partial charge in [0.05, 0.1) is 17.3 Å². The summed E-state index contributed by atoms with van der Waals surface area (Å²) in [5.74, 6) is 0.00233. The molecule has 158 valence electrons. The first-order valence-corrected chi connectivity index (χ1v) is 9.90. The summed E-state index contributed by atoms with van der Waals surface area (Å²) in [5, 5.41) is 17.6. The largest absolute Gasteiger partial charge is 0.478 e. The zero-order valence-corrected chi connectivity index (χ0v) is 17.9. The number of rotatable bonds is 6. The Labute approximate surface area is 180 Å². The molecule has 4 aromatic rings. The van der Waals surface area contributed by atoms with Crippen LogP contribution in [0.4, 0.5) is 11.5 Å². The third-order valence-corrected chi connectivity index (χ3v) is 5.24. The minimum absolute atomic E-state index is 0.0844. The molecule has 0 saturated heterocycles. The predicted octanol–water partition coefficient (Wildman–Crippen LogP) is 3.81. The summed E-state index contributed by atoms with van der Waals surface area (Å²) in [6.07, 6.45) is 2.69. The summed E-state index contributed by atoms with van der Waals surface area (Å²) in [6, 6.07) is 12.3. The van der Waals surface area contributed by atoms with Crippen LogP contribution in [0.15, 0.2) is 48.8 Å². The van der Waals surface area contributed by atoms with Crippen molar-refractivity contribution >= 4 is 28.4 Å².